The molecule has 2 aromatic heterocycles. The third-order valence-electron chi connectivity index (χ3n) is 2.61. The summed E-state index contributed by atoms with van der Waals surface area (Å²) < 4.78 is 15.2. The van der Waals surface area contributed by atoms with E-state index in [1.165, 1.54) is 21.5 Å². The predicted octanol–water partition coefficient (Wildman–Crippen LogP) is 4.18. The van der Waals surface area contributed by atoms with E-state index >= 15 is 0 Å². The van der Waals surface area contributed by atoms with E-state index in [2.05, 4.69) is 0 Å². The van der Waals surface area contributed by atoms with Crippen molar-refractivity contribution in [1.29, 1.82) is 0 Å². The van der Waals surface area contributed by atoms with Crippen molar-refractivity contribution in [3.63, 3.8) is 0 Å². The van der Waals surface area contributed by atoms with Gasteiger partial charge in [0.05, 0.1) is 0 Å². The van der Waals surface area contributed by atoms with Crippen molar-refractivity contribution in [2.75, 3.05) is 0 Å². The highest BCUT2D eigenvalue weighted by Crippen LogP contribution is 2.35. The summed E-state index contributed by atoms with van der Waals surface area (Å²) in [6.45, 7) is 0. The van der Waals surface area contributed by atoms with Crippen molar-refractivity contribution in [1.82, 2.24) is 0 Å². The van der Waals surface area contributed by atoms with Crippen molar-refractivity contribution in [2.24, 2.45) is 0 Å². The van der Waals surface area contributed by atoms with Crippen LogP contribution in [0.5, 0.6) is 0 Å². The second kappa shape index (κ2) is 4.22. The Kier molecular flexibility index (Phi) is 2.70. The molecule has 0 amide bonds. The Morgan fingerprint density at radius 3 is 2.53 bits per heavy atom. The van der Waals surface area contributed by atoms with Crippen molar-refractivity contribution in [3.8, 4) is 0 Å². The number of hydrogen-bond donors (Lipinski definition) is 1. The van der Waals surface area contributed by atoms with Crippen LogP contribution in [0.2, 0.25) is 0 Å². The van der Waals surface area contributed by atoms with Crippen LogP contribution in [0.15, 0.2) is 41.8 Å². The standard InChI is InChI=1S/C13H9FOS2/c14-9-3-1-8(2-4-9)13(15)12-7-11-10(17-12)5-6-16-11/h1-7,13,15H. The van der Waals surface area contributed by atoms with Crippen LogP contribution < -0.4 is 0 Å². The summed E-state index contributed by atoms with van der Waals surface area (Å²) in [5.41, 5.74) is 0.723. The summed E-state index contributed by atoms with van der Waals surface area (Å²) in [4.78, 5) is 0.901. The maximum absolute atomic E-state index is 12.8. The Morgan fingerprint density at radius 1 is 1.06 bits per heavy atom. The normalized spacial score (nSPS) is 13.1. The zero-order chi connectivity index (χ0) is 11.8. The highest BCUT2D eigenvalue weighted by Gasteiger charge is 2.14. The van der Waals surface area contributed by atoms with Gasteiger partial charge in [-0.2, -0.15) is 0 Å². The second-order valence-corrected chi connectivity index (χ2v) is 5.82. The molecule has 0 saturated heterocycles. The van der Waals surface area contributed by atoms with Crippen LogP contribution in [0, 0.1) is 5.82 Å². The Labute approximate surface area is 106 Å². The fourth-order valence-electron chi connectivity index (χ4n) is 1.73. The number of benzene rings is 1. The van der Waals surface area contributed by atoms with Gasteiger partial charge < -0.3 is 5.11 Å². The van der Waals surface area contributed by atoms with Gasteiger partial charge in [-0.1, -0.05) is 12.1 Å². The maximum Gasteiger partial charge on any atom is 0.123 e. The Bertz CT molecular complexity index is 610. The molecule has 17 heavy (non-hydrogen) atoms. The highest BCUT2D eigenvalue weighted by molar-refractivity contribution is 7.26. The lowest BCUT2D eigenvalue weighted by Gasteiger charge is -2.08. The summed E-state index contributed by atoms with van der Waals surface area (Å²) in [6, 6.07) is 10.0. The lowest BCUT2D eigenvalue weighted by atomic mass is 10.1. The van der Waals surface area contributed by atoms with Gasteiger partial charge in [0.2, 0.25) is 0 Å². The summed E-state index contributed by atoms with van der Waals surface area (Å²) in [7, 11) is 0. The van der Waals surface area contributed by atoms with Crippen molar-refractivity contribution >= 4 is 32.1 Å². The number of fused-ring (bicyclic) bond motifs is 1. The molecular weight excluding hydrogens is 255 g/mol. The Morgan fingerprint density at radius 2 is 1.82 bits per heavy atom. The van der Waals surface area contributed by atoms with Gasteiger partial charge in [-0.25, -0.2) is 4.39 Å². The van der Waals surface area contributed by atoms with Crippen LogP contribution in [-0.4, -0.2) is 5.11 Å². The first-order valence-electron chi connectivity index (χ1n) is 5.14. The molecule has 0 spiro atoms. The molecule has 2 heterocycles. The van der Waals surface area contributed by atoms with Gasteiger partial charge in [0.25, 0.3) is 0 Å². The first-order chi connectivity index (χ1) is 8.24. The van der Waals surface area contributed by atoms with Crippen LogP contribution in [0.1, 0.15) is 16.5 Å². The molecule has 0 aliphatic carbocycles. The van der Waals surface area contributed by atoms with Crippen LogP contribution in [-0.2, 0) is 0 Å². The maximum atomic E-state index is 12.8. The van der Waals surface area contributed by atoms with Gasteiger partial charge in [-0.05, 0) is 35.2 Å². The van der Waals surface area contributed by atoms with Gasteiger partial charge in [-0.15, -0.1) is 22.7 Å². The Hall–Kier alpha value is -1.23. The largest absolute Gasteiger partial charge is 0.383 e. The molecule has 3 aromatic rings. The number of thiophene rings is 2. The SMILES string of the molecule is OC(c1ccc(F)cc1)c1cc2sccc2s1. The molecule has 0 aliphatic heterocycles. The third-order valence-corrected chi connectivity index (χ3v) is 4.76. The summed E-state index contributed by atoms with van der Waals surface area (Å²) in [5.74, 6) is -0.284. The number of halogens is 1. The minimum Gasteiger partial charge on any atom is -0.383 e. The van der Waals surface area contributed by atoms with Gasteiger partial charge in [-0.3, -0.25) is 0 Å². The number of aliphatic hydroxyl groups excluding tert-OH is 1. The summed E-state index contributed by atoms with van der Waals surface area (Å²) in [5, 5.41) is 12.2. The van der Waals surface area contributed by atoms with E-state index in [4.69, 9.17) is 0 Å². The van der Waals surface area contributed by atoms with Gasteiger partial charge >= 0.3 is 0 Å². The van der Waals surface area contributed by atoms with Crippen LogP contribution >= 0.6 is 22.7 Å². The molecule has 0 saturated carbocycles. The van der Waals surface area contributed by atoms with E-state index in [1.54, 1.807) is 34.8 Å². The quantitative estimate of drug-likeness (QED) is 0.736. The van der Waals surface area contributed by atoms with E-state index in [9.17, 15) is 9.50 Å². The van der Waals surface area contributed by atoms with Gasteiger partial charge in [0, 0.05) is 14.3 Å². The average Bonchev–Trinajstić information content (AvgIpc) is 2.89. The van der Waals surface area contributed by atoms with Crippen molar-refractivity contribution < 1.29 is 9.50 Å². The molecule has 1 nitrogen and oxygen atoms in total. The number of aliphatic hydroxyl groups is 1. The lowest BCUT2D eigenvalue weighted by molar-refractivity contribution is 0.224. The first-order valence-corrected chi connectivity index (χ1v) is 6.84. The lowest BCUT2D eigenvalue weighted by Crippen LogP contribution is -1.96. The predicted molar refractivity (Wildman–Crippen MR) is 70.2 cm³/mol. The zero-order valence-corrected chi connectivity index (χ0v) is 10.4. The fourth-order valence-corrected chi connectivity index (χ4v) is 3.86. The monoisotopic (exact) mass is 264 g/mol. The molecule has 0 aliphatic rings. The molecule has 86 valence electrons. The average molecular weight is 264 g/mol. The molecule has 1 unspecified atom stereocenters. The topological polar surface area (TPSA) is 20.2 Å². The van der Waals surface area contributed by atoms with Crippen molar-refractivity contribution in [3.05, 3.63) is 58.0 Å². The molecule has 4 heteroatoms. The molecule has 3 rings (SSSR count). The van der Waals surface area contributed by atoms with Gasteiger partial charge in [0.15, 0.2) is 0 Å². The van der Waals surface area contributed by atoms with E-state index in [1.807, 2.05) is 17.5 Å². The van der Waals surface area contributed by atoms with Crippen molar-refractivity contribution in [2.45, 2.75) is 6.10 Å². The number of hydrogen-bond acceptors (Lipinski definition) is 3. The summed E-state index contributed by atoms with van der Waals surface area (Å²) >= 11 is 3.24. The minimum absolute atomic E-state index is 0.284. The fraction of sp³-hybridized carbons (Fsp3) is 0.0769. The van der Waals surface area contributed by atoms with E-state index in [0.717, 1.165) is 10.4 Å². The third kappa shape index (κ3) is 1.99. The highest BCUT2D eigenvalue weighted by atomic mass is 32.1. The molecule has 1 N–H and O–H groups in total. The van der Waals surface area contributed by atoms with E-state index in [0.29, 0.717) is 0 Å². The van der Waals surface area contributed by atoms with Crippen LogP contribution in [0.25, 0.3) is 9.40 Å². The molecule has 0 radical (unpaired) electrons. The zero-order valence-electron chi connectivity index (χ0n) is 8.76. The molecule has 0 fully saturated rings. The van der Waals surface area contributed by atoms with E-state index in [-0.39, 0.29) is 5.82 Å². The molecule has 0 bridgehead atoms. The minimum atomic E-state index is -0.666. The van der Waals surface area contributed by atoms with Crippen LogP contribution in [0.4, 0.5) is 4.39 Å². The Balaban J connectivity index is 1.98. The molecular formula is C13H9FOS2. The molecule has 1 aromatic carbocycles. The number of rotatable bonds is 2. The summed E-state index contributed by atoms with van der Waals surface area (Å²) in [6.07, 6.45) is -0.666. The smallest absolute Gasteiger partial charge is 0.123 e. The van der Waals surface area contributed by atoms with E-state index < -0.39 is 6.10 Å². The van der Waals surface area contributed by atoms with Crippen LogP contribution in [0.3, 0.4) is 0 Å². The second-order valence-electron chi connectivity index (χ2n) is 3.75. The molecule has 1 atom stereocenters. The van der Waals surface area contributed by atoms with Gasteiger partial charge in [0.1, 0.15) is 11.9 Å². The first kappa shape index (κ1) is 10.9.